The average Bonchev–Trinajstić information content (AvgIpc) is 2.98. The van der Waals surface area contributed by atoms with Crippen LogP contribution in [0, 0.1) is 5.92 Å². The minimum absolute atomic E-state index is 0.140. The molecule has 28 heavy (non-hydrogen) atoms. The first-order valence-corrected chi connectivity index (χ1v) is 10.1. The molecule has 5 heteroatoms. The van der Waals surface area contributed by atoms with Gasteiger partial charge < -0.3 is 5.73 Å². The van der Waals surface area contributed by atoms with E-state index < -0.39 is 0 Å². The number of amides is 2. The lowest BCUT2D eigenvalue weighted by Crippen LogP contribution is -2.36. The Morgan fingerprint density at radius 1 is 0.857 bits per heavy atom. The van der Waals surface area contributed by atoms with Crippen LogP contribution in [0.25, 0.3) is 0 Å². The molecular weight excluding hydrogens is 350 g/mol. The van der Waals surface area contributed by atoms with Crippen LogP contribution in [0.2, 0.25) is 0 Å². The van der Waals surface area contributed by atoms with Crippen molar-refractivity contribution in [2.24, 2.45) is 11.7 Å². The van der Waals surface area contributed by atoms with Crippen molar-refractivity contribution in [1.29, 1.82) is 0 Å². The Morgan fingerprint density at radius 3 is 2.00 bits per heavy atom. The van der Waals surface area contributed by atoms with Gasteiger partial charge in [0.2, 0.25) is 0 Å². The van der Waals surface area contributed by atoms with E-state index in [1.165, 1.54) is 10.5 Å². The Hall–Kier alpha value is -2.50. The first-order chi connectivity index (χ1) is 13.7. The summed E-state index contributed by atoms with van der Waals surface area (Å²) in [6.07, 6.45) is 3.12. The summed E-state index contributed by atoms with van der Waals surface area (Å²) in [6, 6.07) is 15.6. The number of carbonyl (C=O) groups is 2. The van der Waals surface area contributed by atoms with Gasteiger partial charge in [0.15, 0.2) is 0 Å². The second kappa shape index (κ2) is 8.25. The zero-order valence-corrected chi connectivity index (χ0v) is 16.1. The fourth-order valence-electron chi connectivity index (χ4n) is 4.23. The van der Waals surface area contributed by atoms with Gasteiger partial charge in [-0.15, -0.1) is 0 Å². The van der Waals surface area contributed by atoms with Crippen LogP contribution in [0.3, 0.4) is 0 Å². The van der Waals surface area contributed by atoms with E-state index >= 15 is 0 Å². The SMILES string of the molecule is NCc1ccc(CN2CCC(CCN3C(=O)c4ccccc4C3=O)CC2)cc1. The summed E-state index contributed by atoms with van der Waals surface area (Å²) in [4.78, 5) is 28.8. The van der Waals surface area contributed by atoms with E-state index in [2.05, 4.69) is 29.2 Å². The fourth-order valence-corrected chi connectivity index (χ4v) is 4.23. The third-order valence-corrected chi connectivity index (χ3v) is 6.01. The van der Waals surface area contributed by atoms with Crippen LogP contribution >= 0.6 is 0 Å². The van der Waals surface area contributed by atoms with Crippen LogP contribution in [0.1, 0.15) is 51.1 Å². The Morgan fingerprint density at radius 2 is 1.43 bits per heavy atom. The highest BCUT2D eigenvalue weighted by molar-refractivity contribution is 6.21. The summed E-state index contributed by atoms with van der Waals surface area (Å²) in [5.74, 6) is 0.290. The summed E-state index contributed by atoms with van der Waals surface area (Å²) in [5.41, 5.74) is 9.23. The number of likely N-dealkylation sites (tertiary alicyclic amines) is 1. The van der Waals surface area contributed by atoms with Gasteiger partial charge in [-0.1, -0.05) is 36.4 Å². The molecule has 4 rings (SSSR count). The summed E-state index contributed by atoms with van der Waals surface area (Å²) >= 11 is 0. The van der Waals surface area contributed by atoms with Crippen molar-refractivity contribution in [3.63, 3.8) is 0 Å². The lowest BCUT2D eigenvalue weighted by molar-refractivity contribution is 0.0636. The molecule has 0 aliphatic carbocycles. The number of benzene rings is 2. The molecular formula is C23H27N3O2. The third-order valence-electron chi connectivity index (χ3n) is 6.01. The minimum atomic E-state index is -0.140. The maximum absolute atomic E-state index is 12.5. The molecule has 0 bridgehead atoms. The van der Waals surface area contributed by atoms with Crippen LogP contribution in [0.15, 0.2) is 48.5 Å². The Kier molecular flexibility index (Phi) is 5.55. The van der Waals surface area contributed by atoms with E-state index in [0.717, 1.165) is 44.5 Å². The lowest BCUT2D eigenvalue weighted by atomic mass is 9.93. The van der Waals surface area contributed by atoms with E-state index in [-0.39, 0.29) is 11.8 Å². The lowest BCUT2D eigenvalue weighted by Gasteiger charge is -2.32. The van der Waals surface area contributed by atoms with E-state index in [4.69, 9.17) is 5.73 Å². The molecule has 0 saturated carbocycles. The number of nitrogens with zero attached hydrogens (tertiary/aromatic N) is 2. The van der Waals surface area contributed by atoms with E-state index in [9.17, 15) is 9.59 Å². The monoisotopic (exact) mass is 377 g/mol. The maximum Gasteiger partial charge on any atom is 0.261 e. The molecule has 0 atom stereocenters. The smallest absolute Gasteiger partial charge is 0.261 e. The Balaban J connectivity index is 1.25. The first kappa shape index (κ1) is 18.8. The number of rotatable bonds is 6. The van der Waals surface area contributed by atoms with Crippen molar-refractivity contribution < 1.29 is 9.59 Å². The predicted octanol–water partition coefficient (Wildman–Crippen LogP) is 3.04. The highest BCUT2D eigenvalue weighted by Gasteiger charge is 2.35. The van der Waals surface area contributed by atoms with Crippen LogP contribution in [-0.4, -0.2) is 41.2 Å². The van der Waals surface area contributed by atoms with Crippen molar-refractivity contribution in [2.75, 3.05) is 19.6 Å². The third kappa shape index (κ3) is 3.86. The number of imide groups is 1. The van der Waals surface area contributed by atoms with Gasteiger partial charge in [-0.2, -0.15) is 0 Å². The number of carbonyl (C=O) groups excluding carboxylic acids is 2. The molecule has 146 valence electrons. The molecule has 2 aliphatic heterocycles. The van der Waals surface area contributed by atoms with Crippen molar-refractivity contribution in [3.8, 4) is 0 Å². The van der Waals surface area contributed by atoms with Crippen molar-refractivity contribution in [3.05, 3.63) is 70.8 Å². The molecule has 0 aromatic heterocycles. The second-order valence-corrected chi connectivity index (χ2v) is 7.84. The molecule has 2 N–H and O–H groups in total. The summed E-state index contributed by atoms with van der Waals surface area (Å²) in [7, 11) is 0. The van der Waals surface area contributed by atoms with Crippen molar-refractivity contribution in [2.45, 2.75) is 32.4 Å². The maximum atomic E-state index is 12.5. The van der Waals surface area contributed by atoms with Crippen molar-refractivity contribution >= 4 is 11.8 Å². The molecule has 2 aromatic carbocycles. The van der Waals surface area contributed by atoms with Gasteiger partial charge in [0.05, 0.1) is 11.1 Å². The molecule has 5 nitrogen and oxygen atoms in total. The van der Waals surface area contributed by atoms with Gasteiger partial charge in [0, 0.05) is 19.6 Å². The summed E-state index contributed by atoms with van der Waals surface area (Å²) in [6.45, 7) is 4.20. The molecule has 2 aromatic rings. The molecule has 0 spiro atoms. The van der Waals surface area contributed by atoms with Gasteiger partial charge in [-0.05, 0) is 61.5 Å². The van der Waals surface area contributed by atoms with E-state index in [0.29, 0.717) is 30.1 Å². The largest absolute Gasteiger partial charge is 0.326 e. The van der Waals surface area contributed by atoms with E-state index in [1.54, 1.807) is 12.1 Å². The summed E-state index contributed by atoms with van der Waals surface area (Å²) in [5, 5.41) is 0. The number of hydrogen-bond donors (Lipinski definition) is 1. The van der Waals surface area contributed by atoms with Gasteiger partial charge in [0.25, 0.3) is 11.8 Å². The average molecular weight is 377 g/mol. The summed E-state index contributed by atoms with van der Waals surface area (Å²) < 4.78 is 0. The Labute approximate surface area is 166 Å². The van der Waals surface area contributed by atoms with Crippen molar-refractivity contribution in [1.82, 2.24) is 9.80 Å². The quantitative estimate of drug-likeness (QED) is 0.786. The standard InChI is InChI=1S/C23H27N3O2/c24-15-18-5-7-19(8-6-18)16-25-12-9-17(10-13-25)11-14-26-22(27)20-3-1-2-4-21(20)23(26)28/h1-8,17H,9-16,24H2. The zero-order chi connectivity index (χ0) is 19.5. The predicted molar refractivity (Wildman–Crippen MR) is 109 cm³/mol. The number of hydrogen-bond acceptors (Lipinski definition) is 4. The molecule has 2 heterocycles. The van der Waals surface area contributed by atoms with Crippen LogP contribution in [0.4, 0.5) is 0 Å². The van der Waals surface area contributed by atoms with Gasteiger partial charge in [0.1, 0.15) is 0 Å². The topological polar surface area (TPSA) is 66.6 Å². The molecule has 1 saturated heterocycles. The minimum Gasteiger partial charge on any atom is -0.326 e. The normalized spacial score (nSPS) is 18.0. The Bertz CT molecular complexity index is 819. The zero-order valence-electron chi connectivity index (χ0n) is 16.1. The fraction of sp³-hybridized carbons (Fsp3) is 0.391. The number of nitrogens with two attached hydrogens (primary N) is 1. The molecule has 2 aliphatic rings. The second-order valence-electron chi connectivity index (χ2n) is 7.84. The van der Waals surface area contributed by atoms with Crippen LogP contribution < -0.4 is 5.73 Å². The highest BCUT2D eigenvalue weighted by atomic mass is 16.2. The highest BCUT2D eigenvalue weighted by Crippen LogP contribution is 2.26. The van der Waals surface area contributed by atoms with E-state index in [1.807, 2.05) is 12.1 Å². The molecule has 1 fully saturated rings. The van der Waals surface area contributed by atoms with Gasteiger partial charge in [-0.25, -0.2) is 0 Å². The molecule has 2 amide bonds. The number of fused-ring (bicyclic) bond motifs is 1. The molecule has 0 unspecified atom stereocenters. The number of piperidine rings is 1. The van der Waals surface area contributed by atoms with Gasteiger partial charge in [-0.3, -0.25) is 19.4 Å². The van der Waals surface area contributed by atoms with Gasteiger partial charge >= 0.3 is 0 Å². The van der Waals surface area contributed by atoms with Crippen LogP contribution in [-0.2, 0) is 13.1 Å². The first-order valence-electron chi connectivity index (χ1n) is 10.1. The molecule has 0 radical (unpaired) electrons. The van der Waals surface area contributed by atoms with Crippen LogP contribution in [0.5, 0.6) is 0 Å².